The molecule has 1 N–H and O–H groups in total. The van der Waals surface area contributed by atoms with Crippen molar-refractivity contribution in [2.45, 2.75) is 44.8 Å². The second-order valence-corrected chi connectivity index (χ2v) is 9.50. The summed E-state index contributed by atoms with van der Waals surface area (Å²) in [6.45, 7) is 4.59. The van der Waals surface area contributed by atoms with E-state index in [4.69, 9.17) is 9.47 Å². The van der Waals surface area contributed by atoms with Crippen LogP contribution >= 0.6 is 0 Å². The minimum absolute atomic E-state index is 0.00558. The number of anilines is 1. The highest BCUT2D eigenvalue weighted by molar-refractivity contribution is 6.50. The Morgan fingerprint density at radius 3 is 2.69 bits per heavy atom. The Kier molecular flexibility index (Phi) is 6.08. The van der Waals surface area contributed by atoms with Crippen LogP contribution in [0.5, 0.6) is 5.75 Å². The van der Waals surface area contributed by atoms with Gasteiger partial charge in [0.2, 0.25) is 0 Å². The molecular weight excluding hydrogens is 460 g/mol. The van der Waals surface area contributed by atoms with Crippen molar-refractivity contribution in [3.05, 3.63) is 64.7 Å². The van der Waals surface area contributed by atoms with Gasteiger partial charge in [0.15, 0.2) is 5.54 Å². The molecule has 3 heterocycles. The van der Waals surface area contributed by atoms with E-state index < -0.39 is 23.1 Å². The summed E-state index contributed by atoms with van der Waals surface area (Å²) in [5.41, 5.74) is 0.462. The second kappa shape index (κ2) is 9.09. The molecular formula is C28H30N2O6. The highest BCUT2D eigenvalue weighted by Gasteiger charge is 2.66. The predicted molar refractivity (Wildman–Crippen MR) is 134 cm³/mol. The number of para-hydroxylation sites is 1. The minimum Gasteiger partial charge on any atom is -0.507 e. The summed E-state index contributed by atoms with van der Waals surface area (Å²) < 4.78 is 11.0. The Morgan fingerprint density at radius 2 is 1.94 bits per heavy atom. The molecule has 2 aromatic carbocycles. The topological polar surface area (TPSA) is 96.4 Å². The molecule has 8 heteroatoms. The van der Waals surface area contributed by atoms with Crippen molar-refractivity contribution < 1.29 is 29.0 Å². The van der Waals surface area contributed by atoms with Gasteiger partial charge < -0.3 is 24.4 Å². The number of ketones is 1. The van der Waals surface area contributed by atoms with Crippen LogP contribution in [0.25, 0.3) is 5.76 Å². The number of unbranched alkanes of at least 4 members (excludes halogenated alkanes) is 1. The smallest absolute Gasteiger partial charge is 0.296 e. The van der Waals surface area contributed by atoms with E-state index in [9.17, 15) is 19.5 Å². The number of likely N-dealkylation sites (tertiary alicyclic amines) is 1. The zero-order valence-corrected chi connectivity index (χ0v) is 20.7. The van der Waals surface area contributed by atoms with Crippen molar-refractivity contribution in [2.24, 2.45) is 0 Å². The Bertz CT molecular complexity index is 1280. The lowest BCUT2D eigenvalue weighted by atomic mass is 9.81. The van der Waals surface area contributed by atoms with Gasteiger partial charge in [0, 0.05) is 37.7 Å². The zero-order chi connectivity index (χ0) is 25.6. The number of carbonyl (C=O) groups excluding carboxylic acids is 3. The maximum atomic E-state index is 14.3. The van der Waals surface area contributed by atoms with Crippen molar-refractivity contribution in [1.82, 2.24) is 4.90 Å². The molecule has 3 aliphatic heterocycles. The fourth-order valence-electron chi connectivity index (χ4n) is 5.60. The van der Waals surface area contributed by atoms with Gasteiger partial charge in [0.1, 0.15) is 17.6 Å². The number of amides is 2. The highest BCUT2D eigenvalue weighted by Crippen LogP contribution is 2.53. The van der Waals surface area contributed by atoms with E-state index >= 15 is 0 Å². The first-order valence-electron chi connectivity index (χ1n) is 12.4. The van der Waals surface area contributed by atoms with Gasteiger partial charge in [-0.3, -0.25) is 14.4 Å². The van der Waals surface area contributed by atoms with Crippen molar-refractivity contribution >= 4 is 29.0 Å². The number of aliphatic hydroxyl groups is 1. The van der Waals surface area contributed by atoms with Crippen LogP contribution in [0.4, 0.5) is 5.69 Å². The molecule has 8 nitrogen and oxygen atoms in total. The van der Waals surface area contributed by atoms with E-state index in [2.05, 4.69) is 0 Å². The standard InChI is InChI=1S/C28H30N2O6/c1-4-5-12-29-21-9-7-6-8-20(21)28(27(29)34)23(25(32)26(33)30(28)13-14-35-3)24(31)18-10-11-22-19(16-18)15-17(2)36-22/h6-11,16-17,31H,4-5,12-15H2,1-3H3. The first-order valence-corrected chi connectivity index (χ1v) is 12.4. The van der Waals surface area contributed by atoms with Crippen LogP contribution in [-0.2, 0) is 31.1 Å². The molecule has 188 valence electrons. The van der Waals surface area contributed by atoms with Gasteiger partial charge in [-0.1, -0.05) is 31.5 Å². The molecule has 0 saturated carbocycles. The Hall–Kier alpha value is -3.65. The number of hydrogen-bond donors (Lipinski definition) is 1. The summed E-state index contributed by atoms with van der Waals surface area (Å²) in [5, 5.41) is 11.6. The number of ether oxygens (including phenoxy) is 2. The van der Waals surface area contributed by atoms with E-state index in [1.807, 2.05) is 26.0 Å². The third kappa shape index (κ3) is 3.35. The summed E-state index contributed by atoms with van der Waals surface area (Å²) in [6.07, 6.45) is 2.29. The van der Waals surface area contributed by atoms with Crippen LogP contribution < -0.4 is 9.64 Å². The summed E-state index contributed by atoms with van der Waals surface area (Å²) in [6, 6.07) is 12.4. The van der Waals surface area contributed by atoms with Crippen molar-refractivity contribution in [2.75, 3.05) is 31.7 Å². The van der Waals surface area contributed by atoms with E-state index in [-0.39, 0.29) is 30.6 Å². The molecule has 0 radical (unpaired) electrons. The van der Waals surface area contributed by atoms with Crippen molar-refractivity contribution in [1.29, 1.82) is 0 Å². The molecule has 2 amide bonds. The third-order valence-corrected chi connectivity index (χ3v) is 7.23. The lowest BCUT2D eigenvalue weighted by Crippen LogP contribution is -2.52. The normalized spacial score (nSPS) is 24.0. The molecule has 1 fully saturated rings. The monoisotopic (exact) mass is 490 g/mol. The van der Waals surface area contributed by atoms with Gasteiger partial charge >= 0.3 is 0 Å². The number of benzene rings is 2. The number of nitrogens with zero attached hydrogens (tertiary/aromatic N) is 2. The number of aliphatic hydroxyl groups excluding tert-OH is 1. The number of rotatable bonds is 7. The van der Waals surface area contributed by atoms with E-state index in [0.29, 0.717) is 29.8 Å². The summed E-state index contributed by atoms with van der Waals surface area (Å²) >= 11 is 0. The maximum absolute atomic E-state index is 14.3. The molecule has 0 aromatic heterocycles. The molecule has 0 bridgehead atoms. The summed E-state index contributed by atoms with van der Waals surface area (Å²) in [4.78, 5) is 44.2. The molecule has 2 atom stereocenters. The van der Waals surface area contributed by atoms with Gasteiger partial charge in [-0.15, -0.1) is 0 Å². The van der Waals surface area contributed by atoms with Crippen LogP contribution in [-0.4, -0.2) is 60.5 Å². The fourth-order valence-corrected chi connectivity index (χ4v) is 5.60. The Morgan fingerprint density at radius 1 is 1.17 bits per heavy atom. The van der Waals surface area contributed by atoms with Gasteiger partial charge in [-0.25, -0.2) is 0 Å². The third-order valence-electron chi connectivity index (χ3n) is 7.23. The molecule has 1 saturated heterocycles. The van der Waals surface area contributed by atoms with E-state index in [1.54, 1.807) is 35.2 Å². The lowest BCUT2D eigenvalue weighted by Gasteiger charge is -2.34. The average Bonchev–Trinajstić information content (AvgIpc) is 3.44. The zero-order valence-electron chi connectivity index (χ0n) is 20.7. The van der Waals surface area contributed by atoms with Crippen molar-refractivity contribution in [3.8, 4) is 5.75 Å². The number of fused-ring (bicyclic) bond motifs is 3. The molecule has 0 aliphatic carbocycles. The second-order valence-electron chi connectivity index (χ2n) is 9.50. The first-order chi connectivity index (χ1) is 17.4. The Labute approximate surface area is 210 Å². The number of carbonyl (C=O) groups is 3. The van der Waals surface area contributed by atoms with Crippen LogP contribution in [0, 0.1) is 0 Å². The van der Waals surface area contributed by atoms with Crippen LogP contribution in [0.3, 0.4) is 0 Å². The molecule has 36 heavy (non-hydrogen) atoms. The number of methoxy groups -OCH3 is 1. The van der Waals surface area contributed by atoms with E-state index in [0.717, 1.165) is 24.2 Å². The Balaban J connectivity index is 1.76. The highest BCUT2D eigenvalue weighted by atomic mass is 16.5. The molecule has 3 aliphatic rings. The summed E-state index contributed by atoms with van der Waals surface area (Å²) in [7, 11) is 1.49. The van der Waals surface area contributed by atoms with Crippen LogP contribution in [0.15, 0.2) is 48.0 Å². The SMILES string of the molecule is CCCCN1C(=O)C2(C(=C(O)c3ccc4c(c3)CC(C)O4)C(=O)C(=O)N2CCOC)c2ccccc21. The van der Waals surface area contributed by atoms with Gasteiger partial charge in [0.05, 0.1) is 17.9 Å². The maximum Gasteiger partial charge on any atom is 0.296 e. The number of hydrogen-bond acceptors (Lipinski definition) is 6. The molecule has 2 unspecified atom stereocenters. The van der Waals surface area contributed by atoms with Gasteiger partial charge in [-0.05, 0) is 43.2 Å². The quantitative estimate of drug-likeness (QED) is 0.363. The van der Waals surface area contributed by atoms with Crippen molar-refractivity contribution in [3.63, 3.8) is 0 Å². The largest absolute Gasteiger partial charge is 0.507 e. The van der Waals surface area contributed by atoms with Crippen LogP contribution in [0.1, 0.15) is 43.4 Å². The predicted octanol–water partition coefficient (Wildman–Crippen LogP) is 3.38. The number of Topliss-reactive ketones (excluding diaryl/α,β-unsaturated/α-hetero) is 1. The van der Waals surface area contributed by atoms with Crippen LogP contribution in [0.2, 0.25) is 0 Å². The molecule has 5 rings (SSSR count). The lowest BCUT2D eigenvalue weighted by molar-refractivity contribution is -0.144. The van der Waals surface area contributed by atoms with Gasteiger partial charge in [0.25, 0.3) is 17.6 Å². The summed E-state index contributed by atoms with van der Waals surface area (Å²) in [5.74, 6) is -1.76. The minimum atomic E-state index is -1.76. The molecule has 2 aromatic rings. The molecule has 1 spiro atoms. The van der Waals surface area contributed by atoms with E-state index in [1.165, 1.54) is 12.0 Å². The van der Waals surface area contributed by atoms with Gasteiger partial charge in [-0.2, -0.15) is 0 Å². The first kappa shape index (κ1) is 24.1. The fraction of sp³-hybridized carbons (Fsp3) is 0.393. The average molecular weight is 491 g/mol.